The van der Waals surface area contributed by atoms with Gasteiger partial charge in [-0.15, -0.1) is 0 Å². The third-order valence-electron chi connectivity index (χ3n) is 2.49. The van der Waals surface area contributed by atoms with Crippen molar-refractivity contribution in [2.75, 3.05) is 27.0 Å². The van der Waals surface area contributed by atoms with Crippen molar-refractivity contribution in [2.45, 2.75) is 18.8 Å². The Labute approximate surface area is 151 Å². The number of carbonyl (C=O) groups excluding carboxylic acids is 1. The van der Waals surface area contributed by atoms with Crippen LogP contribution in [-0.4, -0.2) is 49.0 Å². The SMILES string of the molecule is [2H]c1c(C[C@]2([2H])N([2H])C(=O)OC2([2H])[2H])c([2H])c2c(C([2H])([2H])C([2H])([2H])N(C([2H])([2H])[2H])C([2H])([2H])[2H])c([2H])n([2H])c2c1[2H]. The molecule has 0 unspecified atom stereocenters. The number of cyclic esters (lactones) is 1. The quantitative estimate of drug-likeness (QED) is 0.887. The van der Waals surface area contributed by atoms with E-state index in [0.717, 1.165) is 0 Å². The molecule has 0 saturated carbocycles. The van der Waals surface area contributed by atoms with Crippen molar-refractivity contribution in [1.29, 1.82) is 0 Å². The van der Waals surface area contributed by atoms with E-state index in [-0.39, 0.29) is 10.3 Å². The second-order valence-electron chi connectivity index (χ2n) is 3.95. The predicted molar refractivity (Wildman–Crippen MR) is 82.5 cm³/mol. The number of hydrogen-bond donors (Lipinski definition) is 2. The van der Waals surface area contributed by atoms with E-state index >= 15 is 0 Å². The summed E-state index contributed by atoms with van der Waals surface area (Å²) in [5, 5.41) is -1.11. The Hall–Kier alpha value is -2.01. The van der Waals surface area contributed by atoms with E-state index in [1.165, 1.54) is 0 Å². The smallest absolute Gasteiger partial charge is 0.407 e. The van der Waals surface area contributed by atoms with Gasteiger partial charge in [0.1, 0.15) is 6.56 Å². The zero-order valence-electron chi connectivity index (χ0n) is 29.4. The van der Waals surface area contributed by atoms with Crippen molar-refractivity contribution in [3.8, 4) is 0 Å². The molecule has 2 aromatic rings. The molecule has 0 spiro atoms. The van der Waals surface area contributed by atoms with Crippen molar-refractivity contribution in [1.82, 2.24) is 15.2 Å². The lowest BCUT2D eigenvalue weighted by Gasteiger charge is -2.09. The number of fused-ring (bicyclic) bond motifs is 1. The van der Waals surface area contributed by atoms with Gasteiger partial charge < -0.3 is 19.9 Å². The standard InChI is InChI=1S/C16H21N3O2/c1-19(2)6-5-12-9-17-15-4-3-11(8-14(12)15)7-13-10-21-16(20)18-13/h3-4,8-9,13,17H,5-7,10H2,1-2H3,(H,18,20)/t13-/m0/s1/i1D3,2D3,3D,4D,5D2,6D2,8D,9D,10D2,13D/hD2. The van der Waals surface area contributed by atoms with Crippen LogP contribution in [0.25, 0.3) is 10.9 Å². The number of aromatic nitrogens is 1. The van der Waals surface area contributed by atoms with Crippen LogP contribution in [0, 0.1) is 0 Å². The molecule has 112 valence electrons. The molecule has 3 rings (SSSR count). The van der Waals surface area contributed by atoms with Crippen molar-refractivity contribution in [3.63, 3.8) is 0 Å². The van der Waals surface area contributed by atoms with Crippen molar-refractivity contribution < 1.29 is 35.7 Å². The first-order chi connectivity index (χ1) is 17.7. The first-order valence-electron chi connectivity index (χ1n) is 15.0. The lowest BCUT2D eigenvalue weighted by molar-refractivity contribution is 0.177. The zero-order valence-corrected chi connectivity index (χ0v) is 10.4. The van der Waals surface area contributed by atoms with Crippen molar-refractivity contribution in [3.05, 3.63) is 35.4 Å². The van der Waals surface area contributed by atoms with Gasteiger partial charge in [-0.05, 0) is 50.0 Å². The predicted octanol–water partition coefficient (Wildman–Crippen LogP) is 1.92. The number of nitrogens with zero attached hydrogens (tertiary/aromatic N) is 1. The Morgan fingerprint density at radius 2 is 2.62 bits per heavy atom. The normalized spacial score (nSPS) is 40.3. The molecule has 0 radical (unpaired) electrons. The highest BCUT2D eigenvalue weighted by molar-refractivity contribution is 5.84. The summed E-state index contributed by atoms with van der Waals surface area (Å²) >= 11 is 0. The minimum atomic E-state index is -3.99. The summed E-state index contributed by atoms with van der Waals surface area (Å²) in [6.07, 6.45) is -7.79. The topological polar surface area (TPSA) is 57.4 Å². The number of carbonyl (C=O) groups is 1. The Kier molecular flexibility index (Phi) is 1.06. The lowest BCUT2D eigenvalue weighted by Crippen LogP contribution is -2.28. The van der Waals surface area contributed by atoms with E-state index in [1.54, 1.807) is 0 Å². The molecule has 1 aliphatic heterocycles. The Bertz CT molecular complexity index is 1360. The van der Waals surface area contributed by atoms with Gasteiger partial charge in [-0.25, -0.2) is 4.79 Å². The van der Waals surface area contributed by atoms with E-state index in [9.17, 15) is 4.79 Å². The van der Waals surface area contributed by atoms with E-state index in [0.29, 0.717) is 0 Å². The third kappa shape index (κ3) is 3.19. The molecule has 1 amide bonds. The van der Waals surface area contributed by atoms with Crippen LogP contribution < -0.4 is 5.31 Å². The first kappa shape index (κ1) is 3.84. The van der Waals surface area contributed by atoms with Crippen molar-refractivity contribution >= 4 is 17.0 Å². The molecule has 0 aliphatic carbocycles. The summed E-state index contributed by atoms with van der Waals surface area (Å²) in [6.45, 7) is -14.7. The molecule has 2 heterocycles. The summed E-state index contributed by atoms with van der Waals surface area (Å²) in [6, 6.07) is -5.88. The molecule has 21 heavy (non-hydrogen) atoms. The number of aromatic amines is 1. The molecule has 1 atom stereocenters. The van der Waals surface area contributed by atoms with Gasteiger partial charge in [0.2, 0.25) is 0 Å². The third-order valence-corrected chi connectivity index (χ3v) is 2.49. The number of benzene rings is 1. The number of aryl methyl sites for hydroxylation is 1. The average molecular weight is 306 g/mol. The number of hydrogen-bond acceptors (Lipinski definition) is 3. The molecule has 1 aromatic carbocycles. The molecule has 1 fully saturated rings. The highest BCUT2D eigenvalue weighted by atomic mass is 16.6. The minimum absolute atomic E-state index is 0.0600. The van der Waals surface area contributed by atoms with Crippen LogP contribution in [0.15, 0.2) is 24.3 Å². The molecule has 5 heteroatoms. The maximum atomic E-state index is 11.8. The number of H-pyrrole nitrogens is 1. The summed E-state index contributed by atoms with van der Waals surface area (Å²) in [5.74, 6) is 0. The van der Waals surface area contributed by atoms with Gasteiger partial charge in [0, 0.05) is 37.3 Å². The van der Waals surface area contributed by atoms with Crippen LogP contribution >= 0.6 is 0 Å². The molecule has 1 aromatic heterocycles. The first-order valence-corrected chi connectivity index (χ1v) is 5.63. The molecule has 1 saturated heterocycles. The number of likely N-dealkylation sites (N-methyl/N-ethyl adjacent to an activating group) is 1. The van der Waals surface area contributed by atoms with E-state index < -0.39 is 103 Å². The number of alkyl carbamates (subject to hydrolysis) is 1. The minimum Gasteiger partial charge on any atom is -0.447 e. The fourth-order valence-electron chi connectivity index (χ4n) is 1.66. The highest BCUT2D eigenvalue weighted by Crippen LogP contribution is 2.21. The second-order valence-corrected chi connectivity index (χ2v) is 3.95. The van der Waals surface area contributed by atoms with Gasteiger partial charge in [-0.3, -0.25) is 0 Å². The van der Waals surface area contributed by atoms with Crippen LogP contribution in [0.2, 0.25) is 2.82 Å². The average Bonchev–Trinajstić information content (AvgIpc) is 3.10. The highest BCUT2D eigenvalue weighted by Gasteiger charge is 2.22. The summed E-state index contributed by atoms with van der Waals surface area (Å²) < 4.78 is 157. The number of nitrogens with one attached hydrogen (secondary N) is 2. The van der Waals surface area contributed by atoms with Crippen LogP contribution in [0.1, 0.15) is 34.4 Å². The molecule has 5 nitrogen and oxygen atoms in total. The Morgan fingerprint density at radius 1 is 1.71 bits per heavy atom. The molecule has 1 aliphatic rings. The summed E-state index contributed by atoms with van der Waals surface area (Å²) in [7, 11) is 0. The maximum absolute atomic E-state index is 11.8. The number of amides is 1. The Balaban J connectivity index is 2.42. The van der Waals surface area contributed by atoms with E-state index in [2.05, 4.69) is 4.74 Å². The molecule has 2 N–H and O–H groups in total. The lowest BCUT2D eigenvalue weighted by atomic mass is 10.0. The number of ether oxygens (including phenoxy) is 1. The molecule has 0 bridgehead atoms. The monoisotopic (exact) mass is 306 g/mol. The second kappa shape index (κ2) is 5.77. The van der Waals surface area contributed by atoms with E-state index in [4.69, 9.17) is 26.1 Å². The van der Waals surface area contributed by atoms with Crippen LogP contribution in [0.3, 0.4) is 0 Å². The fraction of sp³-hybridized carbons (Fsp3) is 0.438. The summed E-state index contributed by atoms with van der Waals surface area (Å²) in [5.41, 5.74) is -2.78. The van der Waals surface area contributed by atoms with Crippen LogP contribution in [0.5, 0.6) is 0 Å². The van der Waals surface area contributed by atoms with Crippen LogP contribution in [0.4, 0.5) is 4.79 Å². The van der Waals surface area contributed by atoms with Gasteiger partial charge >= 0.3 is 6.09 Å². The van der Waals surface area contributed by atoms with Gasteiger partial charge in [-0.2, -0.15) is 0 Å². The largest absolute Gasteiger partial charge is 0.447 e. The fourth-order valence-corrected chi connectivity index (χ4v) is 1.66. The van der Waals surface area contributed by atoms with Crippen LogP contribution in [-0.2, 0) is 17.5 Å². The van der Waals surface area contributed by atoms with Gasteiger partial charge in [0.25, 0.3) is 0 Å². The molecular formula is C16H21N3O2. The van der Waals surface area contributed by atoms with Gasteiger partial charge in [0.05, 0.1) is 15.6 Å². The van der Waals surface area contributed by atoms with E-state index in [1.807, 2.05) is 0 Å². The maximum Gasteiger partial charge on any atom is 0.407 e. The summed E-state index contributed by atoms with van der Waals surface area (Å²) in [4.78, 5) is 11.1. The van der Waals surface area contributed by atoms with Gasteiger partial charge in [0.15, 0.2) is 2.82 Å². The Morgan fingerprint density at radius 3 is 3.38 bits per heavy atom. The number of rotatable bonds is 5. The van der Waals surface area contributed by atoms with Crippen molar-refractivity contribution in [2.24, 2.45) is 0 Å². The molecular weight excluding hydrogens is 266 g/mol. The van der Waals surface area contributed by atoms with Gasteiger partial charge in [-0.1, -0.05) is 6.04 Å². The zero-order chi connectivity index (χ0) is 31.3.